The lowest BCUT2D eigenvalue weighted by molar-refractivity contribution is -0.121. The van der Waals surface area contributed by atoms with Crippen molar-refractivity contribution in [3.05, 3.63) is 41.7 Å². The second kappa shape index (κ2) is 4.75. The van der Waals surface area contributed by atoms with Gasteiger partial charge in [0.25, 0.3) is 5.91 Å². The third-order valence-electron chi connectivity index (χ3n) is 2.50. The maximum absolute atomic E-state index is 11.2. The fraction of sp³-hybridized carbons (Fsp3) is 0.0769. The standard InChI is InChI=1S/C13H13N3O2/c1-8(17)16-12(13(14)18)6-9-7-15-11-5-3-2-4-10(9)11/h2-7,15H,1H3,(H2,14,18)(H,16,17). The second-order valence-corrected chi connectivity index (χ2v) is 3.89. The molecule has 92 valence electrons. The van der Waals surface area contributed by atoms with Crippen LogP contribution in [-0.4, -0.2) is 16.8 Å². The molecule has 0 spiro atoms. The number of carbonyl (C=O) groups is 2. The highest BCUT2D eigenvalue weighted by Crippen LogP contribution is 2.19. The van der Waals surface area contributed by atoms with Gasteiger partial charge in [-0.15, -0.1) is 0 Å². The number of amides is 2. The van der Waals surface area contributed by atoms with Crippen LogP contribution in [0.5, 0.6) is 0 Å². The fourth-order valence-electron chi connectivity index (χ4n) is 1.73. The van der Waals surface area contributed by atoms with Crippen molar-refractivity contribution in [3.63, 3.8) is 0 Å². The molecular formula is C13H13N3O2. The normalized spacial score (nSPS) is 11.5. The third kappa shape index (κ3) is 2.40. The Hall–Kier alpha value is -2.56. The van der Waals surface area contributed by atoms with Crippen LogP contribution in [0, 0.1) is 0 Å². The van der Waals surface area contributed by atoms with Crippen molar-refractivity contribution in [2.75, 3.05) is 0 Å². The first kappa shape index (κ1) is 11.9. The number of para-hydroxylation sites is 1. The summed E-state index contributed by atoms with van der Waals surface area (Å²) in [5.41, 5.74) is 7.04. The van der Waals surface area contributed by atoms with Crippen LogP contribution in [-0.2, 0) is 9.59 Å². The molecule has 2 rings (SSSR count). The predicted octanol–water partition coefficient (Wildman–Crippen LogP) is 1.13. The largest absolute Gasteiger partial charge is 0.364 e. The van der Waals surface area contributed by atoms with Crippen LogP contribution in [0.1, 0.15) is 12.5 Å². The molecule has 0 aliphatic rings. The van der Waals surface area contributed by atoms with E-state index in [1.165, 1.54) is 6.92 Å². The molecule has 1 heterocycles. The molecule has 0 atom stereocenters. The number of hydrogen-bond acceptors (Lipinski definition) is 2. The molecule has 0 saturated carbocycles. The molecule has 1 aromatic heterocycles. The first-order chi connectivity index (χ1) is 8.58. The van der Waals surface area contributed by atoms with Gasteiger partial charge in [-0.25, -0.2) is 0 Å². The van der Waals surface area contributed by atoms with Gasteiger partial charge in [0, 0.05) is 29.6 Å². The van der Waals surface area contributed by atoms with E-state index in [-0.39, 0.29) is 11.6 Å². The van der Waals surface area contributed by atoms with E-state index in [4.69, 9.17) is 5.73 Å². The summed E-state index contributed by atoms with van der Waals surface area (Å²) in [5.74, 6) is -1.00. The Morgan fingerprint density at radius 3 is 2.72 bits per heavy atom. The molecule has 1 aromatic carbocycles. The van der Waals surface area contributed by atoms with Gasteiger partial charge in [-0.2, -0.15) is 0 Å². The highest BCUT2D eigenvalue weighted by Gasteiger charge is 2.08. The second-order valence-electron chi connectivity index (χ2n) is 3.89. The van der Waals surface area contributed by atoms with Gasteiger partial charge in [0.1, 0.15) is 5.70 Å². The lowest BCUT2D eigenvalue weighted by atomic mass is 10.1. The molecule has 2 aromatic rings. The first-order valence-corrected chi connectivity index (χ1v) is 5.43. The van der Waals surface area contributed by atoms with E-state index in [1.807, 2.05) is 24.3 Å². The molecule has 0 saturated heterocycles. The average molecular weight is 243 g/mol. The van der Waals surface area contributed by atoms with Crippen LogP contribution >= 0.6 is 0 Å². The highest BCUT2D eigenvalue weighted by atomic mass is 16.2. The number of nitrogens with one attached hydrogen (secondary N) is 2. The average Bonchev–Trinajstić information content (AvgIpc) is 2.71. The van der Waals surface area contributed by atoms with Gasteiger partial charge >= 0.3 is 0 Å². The smallest absolute Gasteiger partial charge is 0.265 e. The van der Waals surface area contributed by atoms with Gasteiger partial charge < -0.3 is 16.0 Å². The molecular weight excluding hydrogens is 230 g/mol. The summed E-state index contributed by atoms with van der Waals surface area (Å²) in [6, 6.07) is 7.66. The molecule has 5 nitrogen and oxygen atoms in total. The van der Waals surface area contributed by atoms with Gasteiger partial charge in [0.15, 0.2) is 0 Å². The zero-order valence-corrected chi connectivity index (χ0v) is 9.86. The Balaban J connectivity index is 2.46. The Bertz CT molecular complexity index is 640. The molecule has 0 bridgehead atoms. The molecule has 0 radical (unpaired) electrons. The number of carbonyl (C=O) groups excluding carboxylic acids is 2. The van der Waals surface area contributed by atoms with Crippen molar-refractivity contribution >= 4 is 28.8 Å². The fourth-order valence-corrected chi connectivity index (χ4v) is 1.73. The van der Waals surface area contributed by atoms with Crippen molar-refractivity contribution in [1.82, 2.24) is 10.3 Å². The minimum atomic E-state index is -0.671. The van der Waals surface area contributed by atoms with E-state index < -0.39 is 5.91 Å². The number of primary amides is 1. The van der Waals surface area contributed by atoms with Gasteiger partial charge in [-0.1, -0.05) is 18.2 Å². The zero-order chi connectivity index (χ0) is 13.1. The van der Waals surface area contributed by atoms with Crippen LogP contribution in [0.4, 0.5) is 0 Å². The van der Waals surface area contributed by atoms with E-state index in [0.29, 0.717) is 0 Å². The number of aromatic nitrogens is 1. The van der Waals surface area contributed by atoms with Crippen molar-refractivity contribution in [2.45, 2.75) is 6.92 Å². The van der Waals surface area contributed by atoms with Crippen LogP contribution in [0.2, 0.25) is 0 Å². The molecule has 5 heteroatoms. The zero-order valence-electron chi connectivity index (χ0n) is 9.86. The Labute approximate surface area is 104 Å². The van der Waals surface area contributed by atoms with Crippen molar-refractivity contribution in [1.29, 1.82) is 0 Å². The van der Waals surface area contributed by atoms with Gasteiger partial charge in [-0.05, 0) is 12.1 Å². The summed E-state index contributed by atoms with van der Waals surface area (Å²) in [6.45, 7) is 1.33. The van der Waals surface area contributed by atoms with Crippen molar-refractivity contribution in [2.24, 2.45) is 5.73 Å². The molecule has 18 heavy (non-hydrogen) atoms. The number of benzene rings is 1. The van der Waals surface area contributed by atoms with Crippen molar-refractivity contribution in [3.8, 4) is 0 Å². The van der Waals surface area contributed by atoms with Crippen LogP contribution < -0.4 is 11.1 Å². The van der Waals surface area contributed by atoms with Crippen LogP contribution in [0.3, 0.4) is 0 Å². The molecule has 0 fully saturated rings. The molecule has 2 amide bonds. The summed E-state index contributed by atoms with van der Waals surface area (Å²) in [6.07, 6.45) is 3.32. The number of fused-ring (bicyclic) bond motifs is 1. The number of H-pyrrole nitrogens is 1. The molecule has 0 aliphatic carbocycles. The minimum Gasteiger partial charge on any atom is -0.364 e. The third-order valence-corrected chi connectivity index (χ3v) is 2.50. The highest BCUT2D eigenvalue weighted by molar-refractivity contribution is 6.02. The SMILES string of the molecule is CC(=O)NC(=Cc1c[nH]c2ccccc12)C(N)=O. The van der Waals surface area contributed by atoms with Gasteiger partial charge in [0.2, 0.25) is 5.91 Å². The summed E-state index contributed by atoms with van der Waals surface area (Å²) in [4.78, 5) is 25.3. The first-order valence-electron chi connectivity index (χ1n) is 5.43. The lowest BCUT2D eigenvalue weighted by Crippen LogP contribution is -2.29. The van der Waals surface area contributed by atoms with Crippen LogP contribution in [0.15, 0.2) is 36.2 Å². The molecule has 4 N–H and O–H groups in total. The van der Waals surface area contributed by atoms with Gasteiger partial charge in [0.05, 0.1) is 0 Å². The van der Waals surface area contributed by atoms with E-state index in [9.17, 15) is 9.59 Å². The topological polar surface area (TPSA) is 88.0 Å². The maximum Gasteiger partial charge on any atom is 0.265 e. The van der Waals surface area contributed by atoms with E-state index in [0.717, 1.165) is 16.5 Å². The Morgan fingerprint density at radius 1 is 1.33 bits per heavy atom. The summed E-state index contributed by atoms with van der Waals surface area (Å²) in [5, 5.41) is 3.38. The van der Waals surface area contributed by atoms with Crippen LogP contribution in [0.25, 0.3) is 17.0 Å². The molecule has 0 unspecified atom stereocenters. The predicted molar refractivity (Wildman–Crippen MR) is 69.3 cm³/mol. The number of nitrogens with two attached hydrogens (primary N) is 1. The Kier molecular flexibility index (Phi) is 3.14. The number of rotatable bonds is 3. The number of hydrogen-bond donors (Lipinski definition) is 3. The Morgan fingerprint density at radius 2 is 2.06 bits per heavy atom. The maximum atomic E-state index is 11.2. The van der Waals surface area contributed by atoms with E-state index in [2.05, 4.69) is 10.3 Å². The quantitative estimate of drug-likeness (QED) is 0.705. The van der Waals surface area contributed by atoms with Crippen molar-refractivity contribution < 1.29 is 9.59 Å². The lowest BCUT2D eigenvalue weighted by Gasteiger charge is -2.03. The molecule has 0 aliphatic heterocycles. The van der Waals surface area contributed by atoms with Gasteiger partial charge in [-0.3, -0.25) is 9.59 Å². The monoisotopic (exact) mass is 243 g/mol. The minimum absolute atomic E-state index is 0.0762. The number of aromatic amines is 1. The summed E-state index contributed by atoms with van der Waals surface area (Å²) in [7, 11) is 0. The van der Waals surface area contributed by atoms with E-state index >= 15 is 0 Å². The summed E-state index contributed by atoms with van der Waals surface area (Å²) < 4.78 is 0. The summed E-state index contributed by atoms with van der Waals surface area (Å²) >= 11 is 0. The van der Waals surface area contributed by atoms with E-state index in [1.54, 1.807) is 12.3 Å².